The Morgan fingerprint density at radius 2 is 1.88 bits per heavy atom. The predicted molar refractivity (Wildman–Crippen MR) is 73.1 cm³/mol. The van der Waals surface area contributed by atoms with Crippen molar-refractivity contribution in [2.75, 3.05) is 0 Å². The van der Waals surface area contributed by atoms with E-state index in [1.807, 2.05) is 24.3 Å². The van der Waals surface area contributed by atoms with Crippen LogP contribution in [0.1, 0.15) is 10.4 Å². The van der Waals surface area contributed by atoms with Gasteiger partial charge in [0, 0.05) is 15.6 Å². The second-order valence-electron chi connectivity index (χ2n) is 3.55. The van der Waals surface area contributed by atoms with Gasteiger partial charge in [-0.25, -0.2) is 0 Å². The van der Waals surface area contributed by atoms with Crippen LogP contribution in [0, 0.1) is 0 Å². The lowest BCUT2D eigenvalue weighted by molar-refractivity contribution is 0.100. The monoisotopic (exact) mass is 309 g/mol. The summed E-state index contributed by atoms with van der Waals surface area (Å²) in [4.78, 5) is 11.1. The maximum Gasteiger partial charge on any atom is 0.248 e. The van der Waals surface area contributed by atoms with E-state index in [0.717, 1.165) is 15.6 Å². The normalized spacial score (nSPS) is 10.2. The van der Waals surface area contributed by atoms with E-state index in [2.05, 4.69) is 15.9 Å². The number of hydrogen-bond acceptors (Lipinski definition) is 1. The average molecular weight is 311 g/mol. The van der Waals surface area contributed by atoms with Gasteiger partial charge in [0.25, 0.3) is 0 Å². The largest absolute Gasteiger partial charge is 0.366 e. The zero-order chi connectivity index (χ0) is 12.4. The van der Waals surface area contributed by atoms with Crippen LogP contribution < -0.4 is 5.73 Å². The van der Waals surface area contributed by atoms with E-state index >= 15 is 0 Å². The lowest BCUT2D eigenvalue weighted by atomic mass is 10.0. The smallest absolute Gasteiger partial charge is 0.248 e. The highest BCUT2D eigenvalue weighted by molar-refractivity contribution is 9.10. The molecule has 1 amide bonds. The Balaban J connectivity index is 2.57. The topological polar surface area (TPSA) is 43.1 Å². The molecule has 0 aliphatic rings. The van der Waals surface area contributed by atoms with Crippen molar-refractivity contribution >= 4 is 33.4 Å². The van der Waals surface area contributed by atoms with E-state index in [1.54, 1.807) is 18.2 Å². The summed E-state index contributed by atoms with van der Waals surface area (Å²) < 4.78 is 0.821. The third kappa shape index (κ3) is 2.51. The molecule has 0 fully saturated rings. The van der Waals surface area contributed by atoms with Crippen LogP contribution in [0.25, 0.3) is 11.1 Å². The molecular weight excluding hydrogens is 302 g/mol. The van der Waals surface area contributed by atoms with Gasteiger partial charge in [-0.1, -0.05) is 35.9 Å². The van der Waals surface area contributed by atoms with Crippen LogP contribution in [0.3, 0.4) is 0 Å². The average Bonchev–Trinajstić information content (AvgIpc) is 2.33. The molecule has 4 heteroatoms. The van der Waals surface area contributed by atoms with Crippen LogP contribution in [0.5, 0.6) is 0 Å². The highest BCUT2D eigenvalue weighted by atomic mass is 79.9. The van der Waals surface area contributed by atoms with Gasteiger partial charge >= 0.3 is 0 Å². The van der Waals surface area contributed by atoms with Gasteiger partial charge in [-0.05, 0) is 39.7 Å². The SMILES string of the molecule is NC(=O)c1cccc(-c2cccc(Br)c2Cl)c1. The first kappa shape index (κ1) is 12.1. The summed E-state index contributed by atoms with van der Waals surface area (Å²) in [7, 11) is 0. The lowest BCUT2D eigenvalue weighted by Crippen LogP contribution is -2.10. The molecule has 0 heterocycles. The van der Waals surface area contributed by atoms with Crippen molar-refractivity contribution in [2.45, 2.75) is 0 Å². The lowest BCUT2D eigenvalue weighted by Gasteiger charge is -2.07. The minimum atomic E-state index is -0.446. The van der Waals surface area contributed by atoms with Crippen LogP contribution in [0.2, 0.25) is 5.02 Å². The fraction of sp³-hybridized carbons (Fsp3) is 0. The van der Waals surface area contributed by atoms with E-state index in [9.17, 15) is 4.79 Å². The van der Waals surface area contributed by atoms with Gasteiger partial charge < -0.3 is 5.73 Å². The van der Waals surface area contributed by atoms with E-state index in [4.69, 9.17) is 17.3 Å². The van der Waals surface area contributed by atoms with Gasteiger partial charge in [-0.2, -0.15) is 0 Å². The minimum absolute atomic E-state index is 0.446. The Morgan fingerprint density at radius 1 is 1.18 bits per heavy atom. The first-order valence-electron chi connectivity index (χ1n) is 4.94. The van der Waals surface area contributed by atoms with Crippen LogP contribution in [-0.2, 0) is 0 Å². The second-order valence-corrected chi connectivity index (χ2v) is 4.78. The molecule has 0 saturated carbocycles. The molecule has 2 aromatic carbocycles. The summed E-state index contributed by atoms with van der Waals surface area (Å²) in [6.07, 6.45) is 0. The third-order valence-corrected chi connectivity index (χ3v) is 3.71. The summed E-state index contributed by atoms with van der Waals surface area (Å²) in [6, 6.07) is 12.7. The Morgan fingerprint density at radius 3 is 2.59 bits per heavy atom. The number of benzene rings is 2. The highest BCUT2D eigenvalue weighted by Gasteiger charge is 2.08. The quantitative estimate of drug-likeness (QED) is 0.899. The number of nitrogens with two attached hydrogens (primary N) is 1. The summed E-state index contributed by atoms with van der Waals surface area (Å²) in [5, 5.41) is 0.620. The van der Waals surface area contributed by atoms with Crippen molar-refractivity contribution in [1.82, 2.24) is 0 Å². The summed E-state index contributed by atoms with van der Waals surface area (Å²) >= 11 is 9.56. The van der Waals surface area contributed by atoms with E-state index < -0.39 is 5.91 Å². The zero-order valence-corrected chi connectivity index (χ0v) is 11.1. The Hall–Kier alpha value is -1.32. The molecule has 0 saturated heterocycles. The number of rotatable bonds is 2. The third-order valence-electron chi connectivity index (χ3n) is 2.41. The molecule has 2 rings (SSSR count). The number of primary amides is 1. The molecule has 0 aromatic heterocycles. The van der Waals surface area contributed by atoms with Gasteiger partial charge in [-0.15, -0.1) is 0 Å². The summed E-state index contributed by atoms with van der Waals surface area (Å²) in [5.74, 6) is -0.446. The molecule has 2 N–H and O–H groups in total. The van der Waals surface area contributed by atoms with Gasteiger partial charge in [0.2, 0.25) is 5.91 Å². The molecule has 0 unspecified atom stereocenters. The molecule has 0 radical (unpaired) electrons. The number of carbonyl (C=O) groups excluding carboxylic acids is 1. The van der Waals surface area contributed by atoms with Crippen molar-refractivity contribution in [3.63, 3.8) is 0 Å². The highest BCUT2D eigenvalue weighted by Crippen LogP contribution is 2.33. The summed E-state index contributed by atoms with van der Waals surface area (Å²) in [6.45, 7) is 0. The Kier molecular flexibility index (Phi) is 3.50. The maximum absolute atomic E-state index is 11.1. The second kappa shape index (κ2) is 4.90. The van der Waals surface area contributed by atoms with E-state index in [-0.39, 0.29) is 0 Å². The van der Waals surface area contributed by atoms with Crippen molar-refractivity contribution in [1.29, 1.82) is 0 Å². The van der Waals surface area contributed by atoms with Crippen molar-refractivity contribution in [3.8, 4) is 11.1 Å². The Labute approximate surface area is 113 Å². The zero-order valence-electron chi connectivity index (χ0n) is 8.78. The number of carbonyl (C=O) groups is 1. The van der Waals surface area contributed by atoms with Crippen LogP contribution >= 0.6 is 27.5 Å². The van der Waals surface area contributed by atoms with Crippen LogP contribution in [-0.4, -0.2) is 5.91 Å². The molecule has 0 atom stereocenters. The van der Waals surface area contributed by atoms with Crippen molar-refractivity contribution in [3.05, 3.63) is 57.5 Å². The molecule has 17 heavy (non-hydrogen) atoms. The van der Waals surface area contributed by atoms with E-state index in [0.29, 0.717) is 10.6 Å². The Bertz CT molecular complexity index is 583. The van der Waals surface area contributed by atoms with Gasteiger partial charge in [0.05, 0.1) is 5.02 Å². The molecule has 2 aromatic rings. The minimum Gasteiger partial charge on any atom is -0.366 e. The van der Waals surface area contributed by atoms with Gasteiger partial charge in [0.1, 0.15) is 0 Å². The number of amides is 1. The molecule has 0 bridgehead atoms. The van der Waals surface area contributed by atoms with Gasteiger partial charge in [0.15, 0.2) is 0 Å². The van der Waals surface area contributed by atoms with Crippen LogP contribution in [0.4, 0.5) is 0 Å². The number of hydrogen-bond donors (Lipinski definition) is 1. The van der Waals surface area contributed by atoms with Crippen LogP contribution in [0.15, 0.2) is 46.9 Å². The number of halogens is 2. The molecule has 0 spiro atoms. The maximum atomic E-state index is 11.1. The van der Waals surface area contributed by atoms with Gasteiger partial charge in [-0.3, -0.25) is 4.79 Å². The first-order chi connectivity index (χ1) is 8.09. The fourth-order valence-electron chi connectivity index (χ4n) is 1.57. The molecule has 2 nitrogen and oxygen atoms in total. The van der Waals surface area contributed by atoms with Crippen molar-refractivity contribution < 1.29 is 4.79 Å². The standard InChI is InChI=1S/C13H9BrClNO/c14-11-6-2-5-10(12(11)15)8-3-1-4-9(7-8)13(16)17/h1-7H,(H2,16,17). The molecule has 86 valence electrons. The molecular formula is C13H9BrClNO. The molecule has 0 aliphatic heterocycles. The fourth-order valence-corrected chi connectivity index (χ4v) is 2.17. The van der Waals surface area contributed by atoms with Crippen molar-refractivity contribution in [2.24, 2.45) is 5.73 Å². The summed E-state index contributed by atoms with van der Waals surface area (Å²) in [5.41, 5.74) is 7.45. The first-order valence-corrected chi connectivity index (χ1v) is 6.11. The van der Waals surface area contributed by atoms with E-state index in [1.165, 1.54) is 0 Å². The molecule has 0 aliphatic carbocycles. The predicted octanol–water partition coefficient (Wildman–Crippen LogP) is 3.87.